The second kappa shape index (κ2) is 6.02. The van der Waals surface area contributed by atoms with Gasteiger partial charge in [-0.2, -0.15) is 11.3 Å². The van der Waals surface area contributed by atoms with E-state index < -0.39 is 6.09 Å². The van der Waals surface area contributed by atoms with Crippen molar-refractivity contribution in [3.05, 3.63) is 40.8 Å². The van der Waals surface area contributed by atoms with E-state index in [2.05, 4.69) is 19.4 Å². The molecule has 1 N–H and O–H groups in total. The number of anilines is 1. The van der Waals surface area contributed by atoms with Gasteiger partial charge in [0.05, 0.1) is 19.8 Å². The third-order valence-corrected chi connectivity index (χ3v) is 7.05. The summed E-state index contributed by atoms with van der Waals surface area (Å²) >= 11 is 1.53. The summed E-state index contributed by atoms with van der Waals surface area (Å²) in [6.07, 6.45) is 1.70. The molecule has 3 saturated heterocycles. The van der Waals surface area contributed by atoms with Crippen molar-refractivity contribution >= 4 is 23.1 Å². The first-order chi connectivity index (χ1) is 12.9. The van der Waals surface area contributed by atoms with Crippen LogP contribution in [0.15, 0.2) is 35.0 Å². The molecule has 0 radical (unpaired) electrons. The summed E-state index contributed by atoms with van der Waals surface area (Å²) in [5, 5.41) is 6.66. The zero-order valence-electron chi connectivity index (χ0n) is 15.2. The average molecular weight is 389 g/mol. The zero-order chi connectivity index (χ0) is 18.8. The fourth-order valence-corrected chi connectivity index (χ4v) is 5.53. The molecule has 27 heavy (non-hydrogen) atoms. The van der Waals surface area contributed by atoms with Crippen LogP contribution in [0.3, 0.4) is 0 Å². The molecule has 0 spiro atoms. The molecule has 0 saturated carbocycles. The number of amides is 1. The number of epoxide rings is 1. The van der Waals surface area contributed by atoms with Gasteiger partial charge in [0.1, 0.15) is 36.2 Å². The van der Waals surface area contributed by atoms with Crippen LogP contribution in [0, 0.1) is 5.82 Å². The van der Waals surface area contributed by atoms with E-state index in [0.29, 0.717) is 35.5 Å². The van der Waals surface area contributed by atoms with Gasteiger partial charge in [0.2, 0.25) is 0 Å². The predicted molar refractivity (Wildman–Crippen MR) is 101 cm³/mol. The Kier molecular flexibility index (Phi) is 3.83. The van der Waals surface area contributed by atoms with E-state index in [-0.39, 0.29) is 11.9 Å². The molecule has 0 aliphatic carbocycles. The number of ether oxygens (including phenoxy) is 2. The second-order valence-corrected chi connectivity index (χ2v) is 8.93. The van der Waals surface area contributed by atoms with Crippen molar-refractivity contribution in [2.24, 2.45) is 0 Å². The molecule has 5 nitrogen and oxygen atoms in total. The molecular weight excluding hydrogens is 367 g/mol. The number of halogens is 1. The average Bonchev–Trinajstić information content (AvgIpc) is 3.17. The lowest BCUT2D eigenvalue weighted by molar-refractivity contribution is -0.938. The number of morpholine rings is 1. The van der Waals surface area contributed by atoms with Crippen molar-refractivity contribution < 1.29 is 23.1 Å². The summed E-state index contributed by atoms with van der Waals surface area (Å²) in [6, 6.07) is 7.04. The Morgan fingerprint density at radius 2 is 2.00 bits per heavy atom. The van der Waals surface area contributed by atoms with E-state index in [9.17, 15) is 9.18 Å². The maximum atomic E-state index is 13.7. The van der Waals surface area contributed by atoms with Gasteiger partial charge in [0.15, 0.2) is 0 Å². The van der Waals surface area contributed by atoms with Gasteiger partial charge in [-0.1, -0.05) is 0 Å². The zero-order valence-corrected chi connectivity index (χ0v) is 16.0. The highest BCUT2D eigenvalue weighted by Crippen LogP contribution is 2.51. The molecule has 7 heteroatoms. The fraction of sp³-hybridized carbons (Fsp3) is 0.450. The first-order valence-electron chi connectivity index (χ1n) is 9.22. The Morgan fingerprint density at radius 3 is 2.67 bits per heavy atom. The molecule has 2 aromatic rings. The van der Waals surface area contributed by atoms with Crippen LogP contribution in [0.2, 0.25) is 0 Å². The topological polar surface area (TPSA) is 50.9 Å². The molecule has 1 unspecified atom stereocenters. The number of quaternary nitrogens is 1. The van der Waals surface area contributed by atoms with Gasteiger partial charge in [0, 0.05) is 18.4 Å². The molecule has 3 fully saturated rings. The first kappa shape index (κ1) is 17.2. The highest BCUT2D eigenvalue weighted by Gasteiger charge is 2.70. The minimum absolute atomic E-state index is 0.104. The Labute approximate surface area is 161 Å². The molecule has 4 heterocycles. The number of benzene rings is 1. The van der Waals surface area contributed by atoms with Gasteiger partial charge >= 0.3 is 6.09 Å². The quantitative estimate of drug-likeness (QED) is 0.641. The summed E-state index contributed by atoms with van der Waals surface area (Å²) in [6.45, 7) is 0. The summed E-state index contributed by atoms with van der Waals surface area (Å²) < 4.78 is 26.2. The number of piperidine rings is 1. The van der Waals surface area contributed by atoms with Gasteiger partial charge in [-0.3, -0.25) is 5.32 Å². The maximum absolute atomic E-state index is 13.7. The molecular formula is C20H22FN2O3S+. The molecule has 2 bridgehead atoms. The van der Waals surface area contributed by atoms with Gasteiger partial charge < -0.3 is 14.0 Å². The lowest BCUT2D eigenvalue weighted by Gasteiger charge is -2.45. The third-order valence-electron chi connectivity index (χ3n) is 6.36. The number of carbonyl (C=O) groups is 1. The van der Waals surface area contributed by atoms with Crippen molar-refractivity contribution in [3.63, 3.8) is 0 Å². The van der Waals surface area contributed by atoms with Gasteiger partial charge in [-0.15, -0.1) is 0 Å². The van der Waals surface area contributed by atoms with E-state index >= 15 is 0 Å². The number of carbonyl (C=O) groups excluding carboxylic acids is 1. The Morgan fingerprint density at radius 1 is 1.26 bits per heavy atom. The van der Waals surface area contributed by atoms with Crippen LogP contribution >= 0.6 is 11.3 Å². The molecule has 1 amide bonds. The fourth-order valence-electron chi connectivity index (χ4n) is 4.87. The number of nitrogens with zero attached hydrogens (tertiary/aromatic N) is 1. The minimum atomic E-state index is -0.482. The first-order valence-corrected chi connectivity index (χ1v) is 10.2. The number of rotatable bonds is 3. The van der Waals surface area contributed by atoms with Crippen LogP contribution in [0.5, 0.6) is 0 Å². The van der Waals surface area contributed by atoms with Gasteiger partial charge in [0.25, 0.3) is 0 Å². The highest BCUT2D eigenvalue weighted by molar-refractivity contribution is 7.08. The van der Waals surface area contributed by atoms with E-state index in [1.807, 2.05) is 16.8 Å². The van der Waals surface area contributed by atoms with E-state index in [0.717, 1.165) is 22.9 Å². The molecule has 1 aromatic carbocycles. The Hall–Kier alpha value is -1.96. The van der Waals surface area contributed by atoms with Crippen LogP contribution in [0.1, 0.15) is 12.8 Å². The summed E-state index contributed by atoms with van der Waals surface area (Å²) in [5.74, 6) is -0.335. The Bertz CT molecular complexity index is 865. The van der Waals surface area contributed by atoms with Crippen molar-refractivity contribution in [1.82, 2.24) is 0 Å². The summed E-state index contributed by atoms with van der Waals surface area (Å²) in [4.78, 5) is 12.5. The minimum Gasteiger partial charge on any atom is -0.445 e. The molecule has 3 aliphatic rings. The number of thiophene rings is 1. The molecule has 5 atom stereocenters. The number of likely N-dealkylation sites (N-methyl/N-ethyl adjacent to an activating group) is 1. The van der Waals surface area contributed by atoms with Crippen molar-refractivity contribution in [3.8, 4) is 11.1 Å². The smallest absolute Gasteiger partial charge is 0.411 e. The van der Waals surface area contributed by atoms with E-state index in [1.54, 1.807) is 6.07 Å². The largest absolute Gasteiger partial charge is 0.445 e. The normalized spacial score (nSPS) is 32.6. The maximum Gasteiger partial charge on any atom is 0.411 e. The van der Waals surface area contributed by atoms with Crippen LogP contribution in [-0.2, 0) is 9.47 Å². The van der Waals surface area contributed by atoms with E-state index in [1.165, 1.54) is 23.5 Å². The van der Waals surface area contributed by atoms with Gasteiger partial charge in [-0.05, 0) is 40.6 Å². The van der Waals surface area contributed by atoms with Crippen molar-refractivity contribution in [2.45, 2.75) is 43.2 Å². The van der Waals surface area contributed by atoms with Crippen LogP contribution in [0.4, 0.5) is 14.9 Å². The lowest BCUT2D eigenvalue weighted by atomic mass is 9.96. The SMILES string of the molecule is C[N+]1(C)[C@@H]2CC(OC(=O)Nc3ccc(F)cc3-c3ccsc3)C[C@H]1[C@H]1O[C@H]12. The van der Waals surface area contributed by atoms with Crippen LogP contribution in [0.25, 0.3) is 11.1 Å². The van der Waals surface area contributed by atoms with Crippen molar-refractivity contribution in [1.29, 1.82) is 0 Å². The van der Waals surface area contributed by atoms with Crippen molar-refractivity contribution in [2.75, 3.05) is 19.4 Å². The van der Waals surface area contributed by atoms with Crippen LogP contribution < -0.4 is 5.32 Å². The Balaban J connectivity index is 1.29. The third kappa shape index (κ3) is 2.85. The van der Waals surface area contributed by atoms with Gasteiger partial charge in [-0.25, -0.2) is 9.18 Å². The molecule has 1 aromatic heterocycles. The summed E-state index contributed by atoms with van der Waals surface area (Å²) in [5.41, 5.74) is 2.09. The number of fused-ring (bicyclic) bond motifs is 5. The second-order valence-electron chi connectivity index (χ2n) is 8.15. The number of hydrogen-bond donors (Lipinski definition) is 1. The predicted octanol–water partition coefficient (Wildman–Crippen LogP) is 3.86. The molecule has 5 rings (SSSR count). The highest BCUT2D eigenvalue weighted by atomic mass is 32.1. The molecule has 142 valence electrons. The standard InChI is InChI=1S/C20H21FN2O3S/c1-23(2)16-8-13(9-17(23)19-18(16)26-19)25-20(24)22-15-4-3-12(21)7-14(15)11-5-6-27-10-11/h3-7,10,13,16-19H,8-9H2,1-2H3/p+1/t13?,16-,17+,18+,19-. The number of hydrogen-bond acceptors (Lipinski definition) is 4. The monoisotopic (exact) mass is 389 g/mol. The number of nitrogens with one attached hydrogen (secondary N) is 1. The summed E-state index contributed by atoms with van der Waals surface area (Å²) in [7, 11) is 4.49. The van der Waals surface area contributed by atoms with E-state index in [4.69, 9.17) is 9.47 Å². The lowest BCUT2D eigenvalue weighted by Crippen LogP contribution is -2.60. The molecule has 3 aliphatic heterocycles. The van der Waals surface area contributed by atoms with Crippen LogP contribution in [-0.4, -0.2) is 55.1 Å².